The molecule has 0 atom stereocenters. The lowest BCUT2D eigenvalue weighted by molar-refractivity contribution is 0.0929. The van der Waals surface area contributed by atoms with Gasteiger partial charge in [0.25, 0.3) is 11.8 Å². The van der Waals surface area contributed by atoms with Crippen LogP contribution in [-0.2, 0) is 0 Å². The Balaban J connectivity index is 1.72. The van der Waals surface area contributed by atoms with E-state index in [1.165, 1.54) is 11.3 Å². The maximum atomic E-state index is 11.8. The lowest BCUT2D eigenvalue weighted by Gasteiger charge is -2.06. The third kappa shape index (κ3) is 3.93. The van der Waals surface area contributed by atoms with Crippen LogP contribution < -0.4 is 10.6 Å². The predicted octanol–water partition coefficient (Wildman–Crippen LogP) is 2.22. The summed E-state index contributed by atoms with van der Waals surface area (Å²) in [6.07, 6.45) is 0. The number of aryl methyl sites for hydroxylation is 1. The Kier molecular flexibility index (Phi) is 4.90. The van der Waals surface area contributed by atoms with Crippen LogP contribution in [0.3, 0.4) is 0 Å². The zero-order valence-corrected chi connectivity index (χ0v) is 12.0. The van der Waals surface area contributed by atoms with E-state index in [0.29, 0.717) is 23.5 Å². The SMILES string of the molecule is Cc1ccc(C(=O)NCCNC(=O)c2ccccc2)s1. The van der Waals surface area contributed by atoms with Gasteiger partial charge in [-0.25, -0.2) is 0 Å². The highest BCUT2D eigenvalue weighted by Gasteiger charge is 2.07. The molecule has 2 rings (SSSR count). The van der Waals surface area contributed by atoms with Crippen molar-refractivity contribution < 1.29 is 9.59 Å². The number of hydrogen-bond donors (Lipinski definition) is 2. The number of thiophene rings is 1. The van der Waals surface area contributed by atoms with E-state index in [1.807, 2.05) is 31.2 Å². The molecule has 0 saturated heterocycles. The molecule has 0 fully saturated rings. The first-order valence-electron chi connectivity index (χ1n) is 6.34. The number of hydrogen-bond acceptors (Lipinski definition) is 3. The molecule has 2 aromatic rings. The topological polar surface area (TPSA) is 58.2 Å². The molecule has 20 heavy (non-hydrogen) atoms. The van der Waals surface area contributed by atoms with Crippen LogP contribution in [0.25, 0.3) is 0 Å². The van der Waals surface area contributed by atoms with E-state index in [9.17, 15) is 9.59 Å². The summed E-state index contributed by atoms with van der Waals surface area (Å²) in [6, 6.07) is 12.7. The second-order valence-corrected chi connectivity index (χ2v) is 5.58. The Hall–Kier alpha value is -2.14. The Labute approximate surface area is 121 Å². The number of rotatable bonds is 5. The molecule has 0 bridgehead atoms. The first kappa shape index (κ1) is 14.3. The fourth-order valence-electron chi connectivity index (χ4n) is 1.69. The van der Waals surface area contributed by atoms with E-state index < -0.39 is 0 Å². The number of nitrogens with one attached hydrogen (secondary N) is 2. The zero-order valence-electron chi connectivity index (χ0n) is 11.2. The summed E-state index contributed by atoms with van der Waals surface area (Å²) in [4.78, 5) is 25.3. The molecule has 0 aliphatic heterocycles. The number of carbonyl (C=O) groups is 2. The van der Waals surface area contributed by atoms with Gasteiger partial charge in [0.15, 0.2) is 0 Å². The molecule has 2 amide bonds. The molecule has 5 heteroatoms. The standard InChI is InChI=1S/C15H16N2O2S/c1-11-7-8-13(20-11)15(19)17-10-9-16-14(18)12-5-3-2-4-6-12/h2-8H,9-10H2,1H3,(H,16,18)(H,17,19). The van der Waals surface area contributed by atoms with Gasteiger partial charge in [0.1, 0.15) is 0 Å². The first-order valence-corrected chi connectivity index (χ1v) is 7.16. The zero-order chi connectivity index (χ0) is 14.4. The predicted molar refractivity (Wildman–Crippen MR) is 80.2 cm³/mol. The van der Waals surface area contributed by atoms with Gasteiger partial charge in [-0.15, -0.1) is 11.3 Å². The van der Waals surface area contributed by atoms with Crippen molar-refractivity contribution >= 4 is 23.2 Å². The molecule has 104 valence electrons. The van der Waals surface area contributed by atoms with Gasteiger partial charge in [0, 0.05) is 23.5 Å². The average molecular weight is 288 g/mol. The minimum atomic E-state index is -0.133. The molecule has 0 aliphatic rings. The van der Waals surface area contributed by atoms with E-state index >= 15 is 0 Å². The van der Waals surface area contributed by atoms with Gasteiger partial charge in [-0.1, -0.05) is 18.2 Å². The minimum Gasteiger partial charge on any atom is -0.350 e. The van der Waals surface area contributed by atoms with Crippen molar-refractivity contribution in [2.24, 2.45) is 0 Å². The Morgan fingerprint density at radius 3 is 2.20 bits per heavy atom. The summed E-state index contributed by atoms with van der Waals surface area (Å²) in [7, 11) is 0. The average Bonchev–Trinajstić information content (AvgIpc) is 2.91. The summed E-state index contributed by atoms with van der Waals surface area (Å²) in [5.74, 6) is -0.233. The van der Waals surface area contributed by atoms with E-state index in [2.05, 4.69) is 10.6 Å². The molecule has 2 N–H and O–H groups in total. The van der Waals surface area contributed by atoms with Crippen LogP contribution in [0.2, 0.25) is 0 Å². The van der Waals surface area contributed by atoms with Crippen LogP contribution in [0, 0.1) is 6.92 Å². The second kappa shape index (κ2) is 6.86. The van der Waals surface area contributed by atoms with Crippen LogP contribution >= 0.6 is 11.3 Å². The maximum Gasteiger partial charge on any atom is 0.261 e. The van der Waals surface area contributed by atoms with E-state index in [0.717, 1.165) is 4.88 Å². The van der Waals surface area contributed by atoms with Gasteiger partial charge in [-0.2, -0.15) is 0 Å². The molecule has 1 aromatic heterocycles. The Morgan fingerprint density at radius 2 is 1.60 bits per heavy atom. The second-order valence-electron chi connectivity index (χ2n) is 4.29. The number of amides is 2. The van der Waals surface area contributed by atoms with Gasteiger partial charge in [-0.3, -0.25) is 9.59 Å². The lowest BCUT2D eigenvalue weighted by Crippen LogP contribution is -2.34. The van der Waals surface area contributed by atoms with Gasteiger partial charge in [0.2, 0.25) is 0 Å². The first-order chi connectivity index (χ1) is 9.66. The van der Waals surface area contributed by atoms with Crippen LogP contribution in [0.15, 0.2) is 42.5 Å². The van der Waals surface area contributed by atoms with E-state index in [-0.39, 0.29) is 11.8 Å². The highest BCUT2D eigenvalue weighted by molar-refractivity contribution is 7.13. The van der Waals surface area contributed by atoms with Crippen LogP contribution in [0.1, 0.15) is 24.9 Å². The Bertz CT molecular complexity index is 593. The van der Waals surface area contributed by atoms with Gasteiger partial charge < -0.3 is 10.6 Å². The van der Waals surface area contributed by atoms with Crippen LogP contribution in [0.5, 0.6) is 0 Å². The summed E-state index contributed by atoms with van der Waals surface area (Å²) in [5.41, 5.74) is 0.618. The summed E-state index contributed by atoms with van der Waals surface area (Å²) in [6.45, 7) is 2.78. The molecule has 0 radical (unpaired) electrons. The molecule has 0 spiro atoms. The number of benzene rings is 1. The fraction of sp³-hybridized carbons (Fsp3) is 0.200. The van der Waals surface area contributed by atoms with Crippen molar-refractivity contribution in [2.75, 3.05) is 13.1 Å². The highest BCUT2D eigenvalue weighted by Crippen LogP contribution is 2.14. The van der Waals surface area contributed by atoms with Crippen molar-refractivity contribution in [1.29, 1.82) is 0 Å². The van der Waals surface area contributed by atoms with Crippen molar-refractivity contribution in [2.45, 2.75) is 6.92 Å². The van der Waals surface area contributed by atoms with Crippen molar-refractivity contribution in [3.05, 3.63) is 57.8 Å². The maximum absolute atomic E-state index is 11.8. The van der Waals surface area contributed by atoms with Gasteiger partial charge >= 0.3 is 0 Å². The summed E-state index contributed by atoms with van der Waals surface area (Å²) in [5, 5.41) is 5.54. The summed E-state index contributed by atoms with van der Waals surface area (Å²) >= 11 is 1.46. The normalized spacial score (nSPS) is 10.1. The highest BCUT2D eigenvalue weighted by atomic mass is 32.1. The lowest BCUT2D eigenvalue weighted by atomic mass is 10.2. The van der Waals surface area contributed by atoms with Crippen molar-refractivity contribution in [3.8, 4) is 0 Å². The Morgan fingerprint density at radius 1 is 0.950 bits per heavy atom. The third-order valence-electron chi connectivity index (χ3n) is 2.70. The van der Waals surface area contributed by atoms with E-state index in [4.69, 9.17) is 0 Å². The van der Waals surface area contributed by atoms with Gasteiger partial charge in [0.05, 0.1) is 4.88 Å². The third-order valence-corrected chi connectivity index (χ3v) is 3.70. The molecule has 0 unspecified atom stereocenters. The molecular weight excluding hydrogens is 272 g/mol. The largest absolute Gasteiger partial charge is 0.350 e. The molecular formula is C15H16N2O2S. The molecule has 0 saturated carbocycles. The van der Waals surface area contributed by atoms with Crippen LogP contribution in [-0.4, -0.2) is 24.9 Å². The van der Waals surface area contributed by atoms with E-state index in [1.54, 1.807) is 18.2 Å². The smallest absolute Gasteiger partial charge is 0.261 e. The molecule has 1 heterocycles. The van der Waals surface area contributed by atoms with Crippen LogP contribution in [0.4, 0.5) is 0 Å². The molecule has 0 aliphatic carbocycles. The number of carbonyl (C=O) groups excluding carboxylic acids is 2. The quantitative estimate of drug-likeness (QED) is 0.829. The van der Waals surface area contributed by atoms with Crippen molar-refractivity contribution in [1.82, 2.24) is 10.6 Å². The van der Waals surface area contributed by atoms with Crippen molar-refractivity contribution in [3.63, 3.8) is 0 Å². The molecule has 1 aromatic carbocycles. The minimum absolute atomic E-state index is 0.0999. The monoisotopic (exact) mass is 288 g/mol. The molecule has 4 nitrogen and oxygen atoms in total. The summed E-state index contributed by atoms with van der Waals surface area (Å²) < 4.78 is 0. The fourth-order valence-corrected chi connectivity index (χ4v) is 2.47. The van der Waals surface area contributed by atoms with Gasteiger partial charge in [-0.05, 0) is 31.2 Å².